The standard InChI is InChI=1S/C32H31ClN2O5S/c1-5-7-24-15-23(16-27(39-6-2)30(24)40-19-22-9-11-25(33)12-10-22)17-28-31(37)35(32(38)41-28)18-29(36)34-26-13-8-20(3)14-21(26)4/h5,8-17H,1,6-7,18-19H2,2-4H3,(H,34,36)/b28-17-. The Morgan fingerprint density at radius 1 is 1.07 bits per heavy atom. The molecular weight excluding hydrogens is 560 g/mol. The van der Waals surface area contributed by atoms with Crippen molar-refractivity contribution in [2.24, 2.45) is 0 Å². The summed E-state index contributed by atoms with van der Waals surface area (Å²) < 4.78 is 12.1. The lowest BCUT2D eigenvalue weighted by atomic mass is 10.0. The van der Waals surface area contributed by atoms with E-state index in [1.807, 2.05) is 51.1 Å². The molecule has 1 fully saturated rings. The van der Waals surface area contributed by atoms with Crippen LogP contribution in [0.1, 0.15) is 34.7 Å². The van der Waals surface area contributed by atoms with E-state index in [-0.39, 0.29) is 11.4 Å². The van der Waals surface area contributed by atoms with Gasteiger partial charge < -0.3 is 14.8 Å². The molecule has 1 saturated heterocycles. The van der Waals surface area contributed by atoms with Gasteiger partial charge in [0.1, 0.15) is 13.2 Å². The smallest absolute Gasteiger partial charge is 0.294 e. The highest BCUT2D eigenvalue weighted by Gasteiger charge is 2.36. The van der Waals surface area contributed by atoms with Crippen LogP contribution in [0.25, 0.3) is 6.08 Å². The van der Waals surface area contributed by atoms with E-state index in [1.165, 1.54) is 0 Å². The highest BCUT2D eigenvalue weighted by atomic mass is 35.5. The summed E-state index contributed by atoms with van der Waals surface area (Å²) >= 11 is 6.80. The topological polar surface area (TPSA) is 84.9 Å². The molecule has 0 unspecified atom stereocenters. The highest BCUT2D eigenvalue weighted by Crippen LogP contribution is 2.38. The van der Waals surface area contributed by atoms with Crippen LogP contribution in [0.15, 0.2) is 72.2 Å². The number of aryl methyl sites for hydroxylation is 2. The molecule has 0 spiro atoms. The molecule has 0 atom stereocenters. The van der Waals surface area contributed by atoms with Crippen LogP contribution in [-0.4, -0.2) is 35.1 Å². The van der Waals surface area contributed by atoms with E-state index < -0.39 is 17.1 Å². The second-order valence-corrected chi connectivity index (χ2v) is 10.9. The molecule has 1 aliphatic heterocycles. The average Bonchev–Trinajstić information content (AvgIpc) is 3.18. The zero-order chi connectivity index (χ0) is 29.5. The molecule has 9 heteroatoms. The SMILES string of the molecule is C=CCc1cc(/C=C2\SC(=O)N(CC(=O)Nc3ccc(C)cc3C)C2=O)cc(OCC)c1OCc1ccc(Cl)cc1. The molecule has 0 radical (unpaired) electrons. The van der Waals surface area contributed by atoms with Crippen molar-refractivity contribution in [1.82, 2.24) is 4.90 Å². The van der Waals surface area contributed by atoms with Crippen LogP contribution in [0.5, 0.6) is 11.5 Å². The minimum absolute atomic E-state index is 0.219. The number of nitrogens with zero attached hydrogens (tertiary/aromatic N) is 1. The summed E-state index contributed by atoms with van der Waals surface area (Å²) in [5.41, 5.74) is 5.03. The van der Waals surface area contributed by atoms with Crippen LogP contribution < -0.4 is 14.8 Å². The number of anilines is 1. The van der Waals surface area contributed by atoms with Gasteiger partial charge in [-0.2, -0.15) is 0 Å². The first kappa shape index (κ1) is 30.0. The maximum atomic E-state index is 13.1. The Morgan fingerprint density at radius 2 is 1.83 bits per heavy atom. The second-order valence-electron chi connectivity index (χ2n) is 9.48. The number of halogens is 1. The van der Waals surface area contributed by atoms with Gasteiger partial charge >= 0.3 is 0 Å². The van der Waals surface area contributed by atoms with Crippen molar-refractivity contribution in [3.63, 3.8) is 0 Å². The van der Waals surface area contributed by atoms with Gasteiger partial charge in [-0.1, -0.05) is 47.5 Å². The molecule has 0 aliphatic carbocycles. The maximum Gasteiger partial charge on any atom is 0.294 e. The Bertz CT molecular complexity index is 1520. The van der Waals surface area contributed by atoms with Crippen molar-refractivity contribution in [3.8, 4) is 11.5 Å². The number of nitrogens with one attached hydrogen (secondary N) is 1. The van der Waals surface area contributed by atoms with Gasteiger partial charge in [-0.25, -0.2) is 0 Å². The molecule has 4 rings (SSSR count). The minimum atomic E-state index is -0.526. The molecule has 3 amide bonds. The summed E-state index contributed by atoms with van der Waals surface area (Å²) in [5.74, 6) is 0.117. The highest BCUT2D eigenvalue weighted by molar-refractivity contribution is 8.18. The van der Waals surface area contributed by atoms with Gasteiger partial charge in [0.05, 0.1) is 11.5 Å². The number of hydrogen-bond donors (Lipinski definition) is 1. The third-order valence-corrected chi connectivity index (χ3v) is 7.40. The van der Waals surface area contributed by atoms with Gasteiger partial charge in [0, 0.05) is 16.3 Å². The van der Waals surface area contributed by atoms with Crippen LogP contribution in [0, 0.1) is 13.8 Å². The van der Waals surface area contributed by atoms with Crippen molar-refractivity contribution >= 4 is 52.2 Å². The Labute approximate surface area is 249 Å². The molecule has 1 N–H and O–H groups in total. The number of benzene rings is 3. The predicted molar refractivity (Wildman–Crippen MR) is 165 cm³/mol. The van der Waals surface area contributed by atoms with E-state index in [9.17, 15) is 14.4 Å². The number of allylic oxidation sites excluding steroid dienone is 1. The molecule has 1 aliphatic rings. The Hall–Kier alpha value is -4.01. The third-order valence-electron chi connectivity index (χ3n) is 6.24. The van der Waals surface area contributed by atoms with Crippen LogP contribution in [-0.2, 0) is 22.6 Å². The monoisotopic (exact) mass is 590 g/mol. The molecule has 0 aromatic heterocycles. The first-order valence-electron chi connectivity index (χ1n) is 13.1. The van der Waals surface area contributed by atoms with Crippen molar-refractivity contribution < 1.29 is 23.9 Å². The van der Waals surface area contributed by atoms with E-state index in [1.54, 1.807) is 36.4 Å². The molecule has 41 heavy (non-hydrogen) atoms. The maximum absolute atomic E-state index is 13.1. The summed E-state index contributed by atoms with van der Waals surface area (Å²) in [4.78, 5) is 39.7. The fourth-order valence-corrected chi connectivity index (χ4v) is 5.28. The summed E-state index contributed by atoms with van der Waals surface area (Å²) in [5, 5.41) is 2.93. The fraction of sp³-hybridized carbons (Fsp3) is 0.219. The van der Waals surface area contributed by atoms with E-state index in [2.05, 4.69) is 11.9 Å². The van der Waals surface area contributed by atoms with Crippen LogP contribution in [0.2, 0.25) is 5.02 Å². The first-order chi connectivity index (χ1) is 19.7. The van der Waals surface area contributed by atoms with Crippen LogP contribution in [0.4, 0.5) is 10.5 Å². The lowest BCUT2D eigenvalue weighted by Gasteiger charge is -2.17. The fourth-order valence-electron chi connectivity index (χ4n) is 4.31. The third kappa shape index (κ3) is 7.60. The number of imide groups is 1. The van der Waals surface area contributed by atoms with Crippen LogP contribution >= 0.6 is 23.4 Å². The van der Waals surface area contributed by atoms with E-state index in [0.717, 1.165) is 38.9 Å². The van der Waals surface area contributed by atoms with Crippen molar-refractivity contribution in [3.05, 3.63) is 105 Å². The summed E-state index contributed by atoms with van der Waals surface area (Å²) in [7, 11) is 0. The van der Waals surface area contributed by atoms with Crippen LogP contribution in [0.3, 0.4) is 0 Å². The molecule has 3 aromatic carbocycles. The van der Waals surface area contributed by atoms with E-state index >= 15 is 0 Å². The first-order valence-corrected chi connectivity index (χ1v) is 14.3. The molecule has 212 valence electrons. The van der Waals surface area contributed by atoms with Crippen molar-refractivity contribution in [2.75, 3.05) is 18.5 Å². The minimum Gasteiger partial charge on any atom is -0.490 e. The lowest BCUT2D eigenvalue weighted by molar-refractivity contribution is -0.127. The summed E-state index contributed by atoms with van der Waals surface area (Å²) in [6.07, 6.45) is 3.88. The lowest BCUT2D eigenvalue weighted by Crippen LogP contribution is -2.36. The van der Waals surface area contributed by atoms with E-state index in [0.29, 0.717) is 47.4 Å². The average molecular weight is 591 g/mol. The predicted octanol–water partition coefficient (Wildman–Crippen LogP) is 7.34. The van der Waals surface area contributed by atoms with Gasteiger partial charge in [-0.05, 0) is 92.1 Å². The number of carbonyl (C=O) groups is 3. The largest absolute Gasteiger partial charge is 0.490 e. The Morgan fingerprint density at radius 3 is 2.51 bits per heavy atom. The van der Waals surface area contributed by atoms with Gasteiger partial charge in [-0.3, -0.25) is 19.3 Å². The number of thioether (sulfide) groups is 1. The zero-order valence-electron chi connectivity index (χ0n) is 23.2. The molecular formula is C32H31ClN2O5S. The molecule has 7 nitrogen and oxygen atoms in total. The van der Waals surface area contributed by atoms with E-state index in [4.69, 9.17) is 21.1 Å². The normalized spacial score (nSPS) is 14.0. The number of amides is 3. The van der Waals surface area contributed by atoms with Gasteiger partial charge in [0.15, 0.2) is 11.5 Å². The van der Waals surface area contributed by atoms with Gasteiger partial charge in [0.25, 0.3) is 11.1 Å². The quantitative estimate of drug-likeness (QED) is 0.186. The van der Waals surface area contributed by atoms with Gasteiger partial charge in [-0.15, -0.1) is 6.58 Å². The molecule has 3 aromatic rings. The van der Waals surface area contributed by atoms with Crippen molar-refractivity contribution in [2.45, 2.75) is 33.8 Å². The zero-order valence-corrected chi connectivity index (χ0v) is 24.7. The Kier molecular flexibility index (Phi) is 9.91. The number of ether oxygens (including phenoxy) is 2. The summed E-state index contributed by atoms with van der Waals surface area (Å²) in [6, 6.07) is 16.7. The number of rotatable bonds is 11. The second kappa shape index (κ2) is 13.6. The Balaban J connectivity index is 1.54. The summed E-state index contributed by atoms with van der Waals surface area (Å²) in [6.45, 7) is 9.92. The molecule has 0 saturated carbocycles. The molecule has 1 heterocycles. The molecule has 0 bridgehead atoms. The number of hydrogen-bond acceptors (Lipinski definition) is 6. The van der Waals surface area contributed by atoms with Crippen molar-refractivity contribution in [1.29, 1.82) is 0 Å². The van der Waals surface area contributed by atoms with Gasteiger partial charge in [0.2, 0.25) is 5.91 Å². The number of carbonyl (C=O) groups excluding carboxylic acids is 3.